The largest absolute Gasteiger partial charge is 0.457 e. The average Bonchev–Trinajstić information content (AvgIpc) is 3.75. The minimum Gasteiger partial charge on any atom is -0.457 e. The molecule has 0 radical (unpaired) electrons. The minimum absolute atomic E-state index is 0.00423. The van der Waals surface area contributed by atoms with Gasteiger partial charge in [0.15, 0.2) is 0 Å². The van der Waals surface area contributed by atoms with Crippen LogP contribution in [0.5, 0.6) is 0 Å². The number of allylic oxidation sites excluding steroid dienone is 10. The predicted octanol–water partition coefficient (Wildman–Crippen LogP) is 13.3. The van der Waals surface area contributed by atoms with Crippen molar-refractivity contribution in [2.45, 2.75) is 57.2 Å². The van der Waals surface area contributed by atoms with E-state index in [-0.39, 0.29) is 17.6 Å². The van der Waals surface area contributed by atoms with Crippen LogP contribution in [-0.2, 0) is 5.41 Å². The standard InChI is InChI=1S/C53H46N2O/c1-53(2)45-32-38(28-29-42(45)47-44(35-16-7-4-8-17-35)31-39-18-9-10-21-41(39)48(47)53)34-24-26-36(27-25-34)52-54-49(51-50(55-52)43-22-11-12-23-46(43)56-51)40-20-13-19-37(30-40)33-14-5-3-6-15-33/h3-12,14-19,21-26,28-31,36,38,49,52,54-55H,13,20,27,32H2,1-2H3. The zero-order chi connectivity index (χ0) is 37.4. The highest BCUT2D eigenvalue weighted by Gasteiger charge is 2.42. The van der Waals surface area contributed by atoms with E-state index in [9.17, 15) is 0 Å². The fourth-order valence-corrected chi connectivity index (χ4v) is 10.4. The molecule has 1 aromatic heterocycles. The number of hydrogen-bond acceptors (Lipinski definition) is 3. The number of anilines is 1. The lowest BCUT2D eigenvalue weighted by atomic mass is 9.73. The summed E-state index contributed by atoms with van der Waals surface area (Å²) < 4.78 is 6.63. The first kappa shape index (κ1) is 33.4. The Morgan fingerprint density at radius 3 is 2.30 bits per heavy atom. The molecule has 0 saturated carbocycles. The van der Waals surface area contributed by atoms with Crippen LogP contribution in [0, 0.1) is 11.8 Å². The van der Waals surface area contributed by atoms with Crippen LogP contribution in [0.4, 0.5) is 5.69 Å². The molecule has 274 valence electrons. The lowest BCUT2D eigenvalue weighted by molar-refractivity contribution is 0.358. The van der Waals surface area contributed by atoms with Gasteiger partial charge in [0.2, 0.25) is 0 Å². The number of hydrogen-bond donors (Lipinski definition) is 2. The molecule has 56 heavy (non-hydrogen) atoms. The molecule has 4 unspecified atom stereocenters. The predicted molar refractivity (Wildman–Crippen MR) is 233 cm³/mol. The summed E-state index contributed by atoms with van der Waals surface area (Å²) in [5.41, 5.74) is 15.9. The summed E-state index contributed by atoms with van der Waals surface area (Å²) in [6.45, 7) is 4.91. The molecule has 0 spiro atoms. The molecule has 2 N–H and O–H groups in total. The Labute approximate surface area is 329 Å². The first-order valence-electron chi connectivity index (χ1n) is 20.4. The van der Waals surface area contributed by atoms with E-state index in [4.69, 9.17) is 4.42 Å². The monoisotopic (exact) mass is 726 g/mol. The lowest BCUT2D eigenvalue weighted by Gasteiger charge is -2.38. The van der Waals surface area contributed by atoms with Gasteiger partial charge >= 0.3 is 0 Å². The van der Waals surface area contributed by atoms with E-state index in [1.807, 2.05) is 0 Å². The summed E-state index contributed by atoms with van der Waals surface area (Å²) >= 11 is 0. The van der Waals surface area contributed by atoms with Gasteiger partial charge in [0.1, 0.15) is 11.3 Å². The second-order valence-corrected chi connectivity index (χ2v) is 16.8. The van der Waals surface area contributed by atoms with Crippen LogP contribution in [0.25, 0.3) is 44.0 Å². The molecule has 0 saturated heterocycles. The molecule has 3 nitrogen and oxygen atoms in total. The third kappa shape index (κ3) is 5.36. The van der Waals surface area contributed by atoms with Gasteiger partial charge in [-0.05, 0) is 105 Å². The SMILES string of the molecule is CC1(C)C2=C(C=CC(C3=CCC(C4Nc5c(oc6ccccc56)C(C5=CC(c6ccccc6)=CCC5)N4)C=C3)C2)c2c(-c3ccccc3)cc3ccccc3c21. The number of furan rings is 1. The van der Waals surface area contributed by atoms with Crippen molar-refractivity contribution in [3.63, 3.8) is 0 Å². The Morgan fingerprint density at radius 1 is 0.750 bits per heavy atom. The molecule has 3 heteroatoms. The summed E-state index contributed by atoms with van der Waals surface area (Å²) in [5, 5.41) is 11.8. The fraction of sp³-hybridized carbons (Fsp3) is 0.208. The Balaban J connectivity index is 0.884. The van der Waals surface area contributed by atoms with E-state index in [1.54, 1.807) is 5.57 Å². The smallest absolute Gasteiger partial charge is 0.149 e. The summed E-state index contributed by atoms with van der Waals surface area (Å²) in [6, 6.07) is 41.6. The maximum Gasteiger partial charge on any atom is 0.149 e. The van der Waals surface area contributed by atoms with Gasteiger partial charge in [-0.25, -0.2) is 0 Å². The van der Waals surface area contributed by atoms with Crippen molar-refractivity contribution in [2.75, 3.05) is 5.32 Å². The van der Waals surface area contributed by atoms with Crippen LogP contribution in [-0.4, -0.2) is 6.17 Å². The summed E-state index contributed by atoms with van der Waals surface area (Å²) in [5.74, 6) is 1.65. The van der Waals surface area contributed by atoms with Crippen LogP contribution in [0.2, 0.25) is 0 Å². The Kier molecular flexibility index (Phi) is 7.83. The van der Waals surface area contributed by atoms with Crippen molar-refractivity contribution in [1.29, 1.82) is 0 Å². The Bertz CT molecular complexity index is 2730. The summed E-state index contributed by atoms with van der Waals surface area (Å²) in [7, 11) is 0. The van der Waals surface area contributed by atoms with Crippen molar-refractivity contribution in [1.82, 2.24) is 5.32 Å². The molecule has 0 fully saturated rings. The van der Waals surface area contributed by atoms with E-state index in [0.717, 1.165) is 48.1 Å². The molecule has 5 aromatic carbocycles. The molecular formula is C53H46N2O. The molecule has 0 bridgehead atoms. The normalized spacial score (nSPS) is 23.6. The average molecular weight is 727 g/mol. The van der Waals surface area contributed by atoms with Crippen molar-refractivity contribution in [3.05, 3.63) is 197 Å². The Morgan fingerprint density at radius 2 is 1.50 bits per heavy atom. The number of fused-ring (bicyclic) bond motifs is 7. The molecule has 0 amide bonds. The van der Waals surface area contributed by atoms with E-state index < -0.39 is 0 Å². The van der Waals surface area contributed by atoms with Crippen LogP contribution >= 0.6 is 0 Å². The lowest BCUT2D eigenvalue weighted by Crippen LogP contribution is -2.48. The topological polar surface area (TPSA) is 37.2 Å². The maximum absolute atomic E-state index is 6.63. The highest BCUT2D eigenvalue weighted by atomic mass is 16.3. The van der Waals surface area contributed by atoms with Gasteiger partial charge in [-0.15, -0.1) is 0 Å². The second kappa shape index (κ2) is 13.1. The van der Waals surface area contributed by atoms with E-state index in [2.05, 4.69) is 182 Å². The summed E-state index contributed by atoms with van der Waals surface area (Å²) in [4.78, 5) is 0. The number of para-hydroxylation sites is 1. The van der Waals surface area contributed by atoms with Crippen molar-refractivity contribution in [3.8, 4) is 11.1 Å². The first-order valence-corrected chi connectivity index (χ1v) is 20.4. The van der Waals surface area contributed by atoms with Crippen molar-refractivity contribution in [2.24, 2.45) is 11.8 Å². The highest BCUT2D eigenvalue weighted by molar-refractivity contribution is 6.04. The molecule has 4 atom stereocenters. The number of nitrogens with one attached hydrogen (secondary N) is 2. The van der Waals surface area contributed by atoms with Gasteiger partial charge in [-0.1, -0.05) is 159 Å². The zero-order valence-corrected chi connectivity index (χ0v) is 32.1. The van der Waals surface area contributed by atoms with Crippen LogP contribution in [0.1, 0.15) is 68.0 Å². The van der Waals surface area contributed by atoms with E-state index in [1.165, 1.54) is 60.9 Å². The van der Waals surface area contributed by atoms with Gasteiger partial charge in [-0.3, -0.25) is 5.32 Å². The molecule has 1 aliphatic heterocycles. The number of benzene rings is 5. The van der Waals surface area contributed by atoms with Gasteiger partial charge in [-0.2, -0.15) is 0 Å². The van der Waals surface area contributed by atoms with Crippen molar-refractivity contribution < 1.29 is 4.42 Å². The minimum atomic E-state index is -0.0705. The molecular weight excluding hydrogens is 681 g/mol. The fourth-order valence-electron chi connectivity index (χ4n) is 10.4. The third-order valence-corrected chi connectivity index (χ3v) is 13.2. The molecule has 4 aliphatic carbocycles. The van der Waals surface area contributed by atoms with Crippen molar-refractivity contribution >= 4 is 38.6 Å². The van der Waals surface area contributed by atoms with Crippen LogP contribution in [0.3, 0.4) is 0 Å². The van der Waals surface area contributed by atoms with Crippen LogP contribution < -0.4 is 10.6 Å². The molecule has 2 heterocycles. The van der Waals surface area contributed by atoms with Gasteiger partial charge in [0.05, 0.1) is 17.9 Å². The third-order valence-electron chi connectivity index (χ3n) is 13.2. The second-order valence-electron chi connectivity index (χ2n) is 16.8. The Hall–Kier alpha value is -5.90. The highest BCUT2D eigenvalue weighted by Crippen LogP contribution is 2.56. The maximum atomic E-state index is 6.63. The first-order chi connectivity index (χ1) is 27.5. The van der Waals surface area contributed by atoms with E-state index >= 15 is 0 Å². The molecule has 6 aromatic rings. The zero-order valence-electron chi connectivity index (χ0n) is 32.1. The van der Waals surface area contributed by atoms with Gasteiger partial charge < -0.3 is 9.73 Å². The van der Waals surface area contributed by atoms with Crippen LogP contribution in [0.15, 0.2) is 179 Å². The quantitative estimate of drug-likeness (QED) is 0.186. The number of rotatable bonds is 5. The summed E-state index contributed by atoms with van der Waals surface area (Å²) in [6.07, 6.45) is 21.2. The molecule has 5 aliphatic rings. The molecule has 11 rings (SSSR count). The van der Waals surface area contributed by atoms with Gasteiger partial charge in [0.25, 0.3) is 0 Å². The van der Waals surface area contributed by atoms with E-state index in [0.29, 0.717) is 11.8 Å². The van der Waals surface area contributed by atoms with Gasteiger partial charge in [0, 0.05) is 22.6 Å².